The standard InChI is InChI=1S/C23H25N3O4.HI/c1-27-20-12-16(13-21(28-2)22(20)29-3)15-25-23(24)26-17-8-7-11-19(14-17)30-18-9-5-4-6-10-18;/h4-14H,15H2,1-3H3,(H3,24,25,26);1H. The lowest BCUT2D eigenvalue weighted by Gasteiger charge is -2.13. The van der Waals surface area contributed by atoms with Gasteiger partial charge in [-0.2, -0.15) is 0 Å². The fourth-order valence-corrected chi connectivity index (χ4v) is 2.85. The van der Waals surface area contributed by atoms with Gasteiger partial charge in [-0.15, -0.1) is 24.0 Å². The van der Waals surface area contributed by atoms with Crippen LogP contribution < -0.4 is 30.0 Å². The molecule has 0 heterocycles. The van der Waals surface area contributed by atoms with E-state index in [4.69, 9.17) is 24.7 Å². The molecule has 0 aromatic heterocycles. The molecule has 0 atom stereocenters. The highest BCUT2D eigenvalue weighted by Crippen LogP contribution is 2.38. The molecule has 8 heteroatoms. The average molecular weight is 535 g/mol. The second-order valence-corrected chi connectivity index (χ2v) is 6.30. The third-order valence-corrected chi connectivity index (χ3v) is 4.24. The highest BCUT2D eigenvalue weighted by Gasteiger charge is 2.13. The lowest BCUT2D eigenvalue weighted by molar-refractivity contribution is 0.324. The number of anilines is 1. The highest BCUT2D eigenvalue weighted by atomic mass is 127. The smallest absolute Gasteiger partial charge is 0.203 e. The first-order chi connectivity index (χ1) is 14.6. The summed E-state index contributed by atoms with van der Waals surface area (Å²) in [4.78, 5) is 4.40. The maximum Gasteiger partial charge on any atom is 0.203 e. The van der Waals surface area contributed by atoms with Crippen LogP contribution in [0, 0.1) is 0 Å². The van der Waals surface area contributed by atoms with Crippen LogP contribution in [-0.2, 0) is 6.54 Å². The Morgan fingerprint density at radius 2 is 1.48 bits per heavy atom. The molecule has 0 saturated carbocycles. The lowest BCUT2D eigenvalue weighted by atomic mass is 10.2. The van der Waals surface area contributed by atoms with Gasteiger partial charge in [-0.3, -0.25) is 0 Å². The Morgan fingerprint density at radius 1 is 0.839 bits per heavy atom. The Hall–Kier alpha value is -3.14. The van der Waals surface area contributed by atoms with Crippen molar-refractivity contribution in [1.29, 1.82) is 0 Å². The molecule has 0 aliphatic rings. The van der Waals surface area contributed by atoms with Gasteiger partial charge in [0.2, 0.25) is 5.75 Å². The zero-order valence-electron chi connectivity index (χ0n) is 17.6. The Bertz CT molecular complexity index is 988. The van der Waals surface area contributed by atoms with Gasteiger partial charge in [-0.1, -0.05) is 24.3 Å². The minimum atomic E-state index is 0. The van der Waals surface area contributed by atoms with Crippen LogP contribution in [0.5, 0.6) is 28.7 Å². The quantitative estimate of drug-likeness (QED) is 0.239. The minimum absolute atomic E-state index is 0. The third-order valence-electron chi connectivity index (χ3n) is 4.24. The molecule has 0 fully saturated rings. The van der Waals surface area contributed by atoms with Gasteiger partial charge in [-0.05, 0) is 42.0 Å². The second kappa shape index (κ2) is 11.9. The molecule has 3 N–H and O–H groups in total. The predicted molar refractivity (Wildman–Crippen MR) is 133 cm³/mol. The van der Waals surface area contributed by atoms with Crippen LogP contribution in [0.25, 0.3) is 0 Å². The zero-order valence-corrected chi connectivity index (χ0v) is 20.0. The van der Waals surface area contributed by atoms with Gasteiger partial charge >= 0.3 is 0 Å². The Morgan fingerprint density at radius 3 is 2.10 bits per heavy atom. The number of nitrogens with two attached hydrogens (primary N) is 1. The largest absolute Gasteiger partial charge is 0.493 e. The van der Waals surface area contributed by atoms with Crippen LogP contribution in [0.2, 0.25) is 0 Å². The number of nitrogens with one attached hydrogen (secondary N) is 1. The van der Waals surface area contributed by atoms with Crippen LogP contribution in [0.4, 0.5) is 5.69 Å². The first-order valence-electron chi connectivity index (χ1n) is 9.31. The number of benzene rings is 3. The Labute approximate surface area is 199 Å². The van der Waals surface area contributed by atoms with Crippen molar-refractivity contribution in [3.05, 3.63) is 72.3 Å². The van der Waals surface area contributed by atoms with Crippen molar-refractivity contribution in [1.82, 2.24) is 0 Å². The van der Waals surface area contributed by atoms with Crippen molar-refractivity contribution < 1.29 is 18.9 Å². The molecule has 0 spiro atoms. The summed E-state index contributed by atoms with van der Waals surface area (Å²) in [6.07, 6.45) is 0. The molecule has 0 radical (unpaired) electrons. The monoisotopic (exact) mass is 535 g/mol. The molecule has 7 nitrogen and oxygen atoms in total. The number of rotatable bonds is 8. The van der Waals surface area contributed by atoms with Crippen LogP contribution in [0.1, 0.15) is 5.56 Å². The van der Waals surface area contributed by atoms with Gasteiger partial charge in [0.25, 0.3) is 0 Å². The first-order valence-corrected chi connectivity index (χ1v) is 9.31. The summed E-state index contributed by atoms with van der Waals surface area (Å²) < 4.78 is 21.9. The van der Waals surface area contributed by atoms with Crippen molar-refractivity contribution in [2.24, 2.45) is 10.7 Å². The normalized spacial score (nSPS) is 10.6. The van der Waals surface area contributed by atoms with Crippen molar-refractivity contribution >= 4 is 35.6 Å². The van der Waals surface area contributed by atoms with Gasteiger partial charge in [0.05, 0.1) is 27.9 Å². The third kappa shape index (κ3) is 6.68. The van der Waals surface area contributed by atoms with E-state index in [0.29, 0.717) is 29.5 Å². The minimum Gasteiger partial charge on any atom is -0.493 e. The second-order valence-electron chi connectivity index (χ2n) is 6.30. The number of methoxy groups -OCH3 is 3. The van der Waals surface area contributed by atoms with E-state index in [-0.39, 0.29) is 29.9 Å². The molecular formula is C23H26IN3O4. The molecule has 3 aromatic carbocycles. The summed E-state index contributed by atoms with van der Waals surface area (Å²) in [6.45, 7) is 0.343. The van der Waals surface area contributed by atoms with E-state index < -0.39 is 0 Å². The van der Waals surface area contributed by atoms with E-state index in [2.05, 4.69) is 10.3 Å². The number of guanidine groups is 1. The molecule has 164 valence electrons. The van der Waals surface area contributed by atoms with Crippen LogP contribution in [-0.4, -0.2) is 27.3 Å². The van der Waals surface area contributed by atoms with Gasteiger partial charge in [0.15, 0.2) is 17.5 Å². The molecule has 0 aliphatic carbocycles. The average Bonchev–Trinajstić information content (AvgIpc) is 2.77. The number of ether oxygens (including phenoxy) is 4. The predicted octanol–water partition coefficient (Wildman–Crippen LogP) is 5.05. The van der Waals surface area contributed by atoms with E-state index in [1.165, 1.54) is 0 Å². The summed E-state index contributed by atoms with van der Waals surface area (Å²) in [7, 11) is 4.71. The van der Waals surface area contributed by atoms with E-state index in [1.807, 2.05) is 66.7 Å². The number of para-hydroxylation sites is 1. The van der Waals surface area contributed by atoms with E-state index in [0.717, 1.165) is 17.0 Å². The van der Waals surface area contributed by atoms with Gasteiger partial charge in [0.1, 0.15) is 11.5 Å². The van der Waals surface area contributed by atoms with E-state index in [9.17, 15) is 0 Å². The number of aliphatic imine (C=N–C) groups is 1. The van der Waals surface area contributed by atoms with Crippen LogP contribution in [0.3, 0.4) is 0 Å². The molecule has 0 bridgehead atoms. The number of nitrogens with zero attached hydrogens (tertiary/aromatic N) is 1. The topological polar surface area (TPSA) is 87.3 Å². The number of hydrogen-bond acceptors (Lipinski definition) is 5. The summed E-state index contributed by atoms with van der Waals surface area (Å²) in [5.74, 6) is 3.41. The molecular weight excluding hydrogens is 509 g/mol. The van der Waals surface area contributed by atoms with E-state index >= 15 is 0 Å². The zero-order chi connectivity index (χ0) is 21.3. The maximum absolute atomic E-state index is 6.06. The van der Waals surface area contributed by atoms with Crippen molar-refractivity contribution in [3.8, 4) is 28.7 Å². The summed E-state index contributed by atoms with van der Waals surface area (Å²) in [5, 5.41) is 3.08. The van der Waals surface area contributed by atoms with Crippen LogP contribution in [0.15, 0.2) is 71.7 Å². The number of hydrogen-bond donors (Lipinski definition) is 2. The summed E-state index contributed by atoms with van der Waals surface area (Å²) >= 11 is 0. The lowest BCUT2D eigenvalue weighted by Crippen LogP contribution is -2.22. The van der Waals surface area contributed by atoms with Crippen LogP contribution >= 0.6 is 24.0 Å². The summed E-state index contributed by atoms with van der Waals surface area (Å²) in [5.41, 5.74) is 7.71. The molecule has 0 aliphatic heterocycles. The Kier molecular flexibility index (Phi) is 9.26. The number of halogens is 1. The Balaban J connectivity index is 0.00000341. The SMILES string of the molecule is COc1cc(CN=C(N)Nc2cccc(Oc3ccccc3)c2)cc(OC)c1OC.I. The summed E-state index contributed by atoms with van der Waals surface area (Å²) in [6, 6.07) is 20.8. The fourth-order valence-electron chi connectivity index (χ4n) is 2.85. The van der Waals surface area contributed by atoms with Gasteiger partial charge in [0, 0.05) is 11.8 Å². The van der Waals surface area contributed by atoms with Gasteiger partial charge < -0.3 is 30.0 Å². The van der Waals surface area contributed by atoms with E-state index in [1.54, 1.807) is 21.3 Å². The highest BCUT2D eigenvalue weighted by molar-refractivity contribution is 14.0. The maximum atomic E-state index is 6.06. The first kappa shape index (κ1) is 24.1. The van der Waals surface area contributed by atoms with Crippen molar-refractivity contribution in [3.63, 3.8) is 0 Å². The molecule has 0 saturated heterocycles. The molecule has 0 unspecified atom stereocenters. The molecule has 0 amide bonds. The fraction of sp³-hybridized carbons (Fsp3) is 0.174. The van der Waals surface area contributed by atoms with Crippen molar-refractivity contribution in [2.75, 3.05) is 26.6 Å². The molecule has 3 rings (SSSR count). The van der Waals surface area contributed by atoms with Crippen molar-refractivity contribution in [2.45, 2.75) is 6.54 Å². The van der Waals surface area contributed by atoms with Gasteiger partial charge in [-0.25, -0.2) is 4.99 Å². The molecule has 3 aromatic rings. The molecule has 31 heavy (non-hydrogen) atoms.